The molecule has 2 nitrogen and oxygen atoms in total. The largest absolute Gasteiger partial charge is 0.483 e. The van der Waals surface area contributed by atoms with Crippen molar-refractivity contribution in [2.45, 2.75) is 31.8 Å². The van der Waals surface area contributed by atoms with E-state index in [0.29, 0.717) is 17.8 Å². The molecule has 0 amide bonds. The molecule has 2 fully saturated rings. The van der Waals surface area contributed by atoms with Gasteiger partial charge in [-0.1, -0.05) is 0 Å². The van der Waals surface area contributed by atoms with Crippen LogP contribution in [0, 0.1) is 5.92 Å². The maximum Gasteiger partial charge on any atom is 0.180 e. The predicted octanol–water partition coefficient (Wildman–Crippen LogP) is 1.29. The van der Waals surface area contributed by atoms with Gasteiger partial charge in [-0.05, 0) is 19.3 Å². The maximum atomic E-state index is 10.2. The van der Waals surface area contributed by atoms with Gasteiger partial charge >= 0.3 is 0 Å². The van der Waals surface area contributed by atoms with E-state index in [1.807, 2.05) is 5.94 Å². The summed E-state index contributed by atoms with van der Waals surface area (Å²) in [4.78, 5) is 10.2. The number of hydrogen-bond donors (Lipinski definition) is 0. The summed E-state index contributed by atoms with van der Waals surface area (Å²) < 4.78 is 5.33. The number of allylic oxidation sites excluding steroid dienone is 1. The van der Waals surface area contributed by atoms with Crippen LogP contribution in [0.5, 0.6) is 0 Å². The number of ether oxygens (including phenoxy) is 1. The van der Waals surface area contributed by atoms with Gasteiger partial charge in [-0.15, -0.1) is 0 Å². The lowest BCUT2D eigenvalue weighted by Gasteiger charge is -2.04. The average molecular weight is 138 g/mol. The van der Waals surface area contributed by atoms with Crippen LogP contribution >= 0.6 is 0 Å². The monoisotopic (exact) mass is 138 g/mol. The van der Waals surface area contributed by atoms with Gasteiger partial charge in [0.25, 0.3) is 0 Å². The first-order valence-electron chi connectivity index (χ1n) is 3.81. The Labute approximate surface area is 59.9 Å². The molecule has 10 heavy (non-hydrogen) atoms. The molecule has 0 aromatic carbocycles. The fourth-order valence-electron chi connectivity index (χ4n) is 1.93. The third kappa shape index (κ3) is 0.764. The molecule has 54 valence electrons. The van der Waals surface area contributed by atoms with Gasteiger partial charge in [-0.3, -0.25) is 0 Å². The first-order chi connectivity index (χ1) is 4.90. The van der Waals surface area contributed by atoms with E-state index in [-0.39, 0.29) is 0 Å². The molecule has 2 aliphatic rings. The second-order valence-electron chi connectivity index (χ2n) is 3.08. The van der Waals surface area contributed by atoms with Crippen molar-refractivity contribution >= 4 is 5.94 Å². The summed E-state index contributed by atoms with van der Waals surface area (Å²) >= 11 is 0. The molecule has 0 aromatic rings. The van der Waals surface area contributed by atoms with Crippen molar-refractivity contribution in [1.82, 2.24) is 0 Å². The van der Waals surface area contributed by atoms with E-state index >= 15 is 0 Å². The van der Waals surface area contributed by atoms with Crippen LogP contribution in [0.3, 0.4) is 0 Å². The molecule has 2 rings (SSSR count). The Hall–Kier alpha value is -0.750. The lowest BCUT2D eigenvalue weighted by Crippen LogP contribution is -2.06. The maximum absolute atomic E-state index is 10.2. The topological polar surface area (TPSA) is 26.3 Å². The molecule has 2 unspecified atom stereocenters. The van der Waals surface area contributed by atoms with Crippen molar-refractivity contribution in [2.24, 2.45) is 5.92 Å². The van der Waals surface area contributed by atoms with Crippen LogP contribution in [0.25, 0.3) is 0 Å². The first kappa shape index (κ1) is 5.99. The minimum atomic E-state index is 0.358. The molecule has 1 heterocycles. The molecule has 0 N–H and O–H groups in total. The molecule has 1 aliphatic carbocycles. The second-order valence-corrected chi connectivity index (χ2v) is 3.08. The SMILES string of the molecule is O=C=C1CC2CCCC2O1. The highest BCUT2D eigenvalue weighted by atomic mass is 16.5. The smallest absolute Gasteiger partial charge is 0.180 e. The second kappa shape index (κ2) is 2.14. The predicted molar refractivity (Wildman–Crippen MR) is 36.0 cm³/mol. The van der Waals surface area contributed by atoms with Crippen LogP contribution in [0.1, 0.15) is 25.7 Å². The van der Waals surface area contributed by atoms with Gasteiger partial charge in [0, 0.05) is 12.3 Å². The van der Waals surface area contributed by atoms with Crippen LogP contribution in [0.4, 0.5) is 0 Å². The molecule has 2 heteroatoms. The highest BCUT2D eigenvalue weighted by molar-refractivity contribution is 5.50. The van der Waals surface area contributed by atoms with Crippen molar-refractivity contribution < 1.29 is 9.53 Å². The highest BCUT2D eigenvalue weighted by Gasteiger charge is 2.36. The van der Waals surface area contributed by atoms with Gasteiger partial charge in [0.1, 0.15) is 6.10 Å². The third-order valence-corrected chi connectivity index (χ3v) is 2.44. The normalized spacial score (nSPS) is 37.0. The summed E-state index contributed by atoms with van der Waals surface area (Å²) in [7, 11) is 0. The molecule has 1 aliphatic heterocycles. The zero-order valence-electron chi connectivity index (χ0n) is 5.80. The first-order valence-corrected chi connectivity index (χ1v) is 3.81. The zero-order chi connectivity index (χ0) is 6.97. The van der Waals surface area contributed by atoms with E-state index in [1.54, 1.807) is 0 Å². The number of carbonyl (C=O) groups excluding carboxylic acids is 1. The quantitative estimate of drug-likeness (QED) is 0.471. The van der Waals surface area contributed by atoms with Crippen LogP contribution < -0.4 is 0 Å². The van der Waals surface area contributed by atoms with Gasteiger partial charge in [0.05, 0.1) is 0 Å². The Bertz CT molecular complexity index is 177. The van der Waals surface area contributed by atoms with Crippen LogP contribution in [0.15, 0.2) is 5.76 Å². The Morgan fingerprint density at radius 3 is 3.10 bits per heavy atom. The van der Waals surface area contributed by atoms with Crippen LogP contribution in [-0.2, 0) is 9.53 Å². The lowest BCUT2D eigenvalue weighted by atomic mass is 10.0. The van der Waals surface area contributed by atoms with E-state index in [2.05, 4.69) is 0 Å². The molecule has 0 spiro atoms. The molecule has 1 saturated heterocycles. The Balaban J connectivity index is 2.13. The molecule has 0 bridgehead atoms. The summed E-state index contributed by atoms with van der Waals surface area (Å²) in [5.74, 6) is 3.02. The van der Waals surface area contributed by atoms with Crippen molar-refractivity contribution in [3.05, 3.63) is 5.76 Å². The molecule has 0 aromatic heterocycles. The summed E-state index contributed by atoms with van der Waals surface area (Å²) in [5, 5.41) is 0. The Morgan fingerprint density at radius 2 is 2.40 bits per heavy atom. The van der Waals surface area contributed by atoms with Crippen molar-refractivity contribution in [3.63, 3.8) is 0 Å². The fourth-order valence-corrected chi connectivity index (χ4v) is 1.93. The minimum Gasteiger partial charge on any atom is -0.483 e. The standard InChI is InChI=1S/C8H10O2/c9-5-7-4-6-2-1-3-8(6)10-7/h6,8H,1-4H2. The Kier molecular flexibility index (Phi) is 1.28. The number of rotatable bonds is 0. The summed E-state index contributed by atoms with van der Waals surface area (Å²) in [5.41, 5.74) is 0. The van der Waals surface area contributed by atoms with E-state index in [9.17, 15) is 4.79 Å². The number of hydrogen-bond acceptors (Lipinski definition) is 2. The fraction of sp³-hybridized carbons (Fsp3) is 0.750. The van der Waals surface area contributed by atoms with Crippen molar-refractivity contribution in [3.8, 4) is 0 Å². The minimum absolute atomic E-state index is 0.358. The summed E-state index contributed by atoms with van der Waals surface area (Å²) in [6, 6.07) is 0. The summed E-state index contributed by atoms with van der Waals surface area (Å²) in [6.07, 6.45) is 4.83. The van der Waals surface area contributed by atoms with Crippen molar-refractivity contribution in [1.29, 1.82) is 0 Å². The van der Waals surface area contributed by atoms with E-state index < -0.39 is 0 Å². The van der Waals surface area contributed by atoms with Crippen LogP contribution in [-0.4, -0.2) is 12.0 Å². The van der Waals surface area contributed by atoms with Gasteiger partial charge in [0.2, 0.25) is 0 Å². The molecular weight excluding hydrogens is 128 g/mol. The van der Waals surface area contributed by atoms with E-state index in [1.165, 1.54) is 12.8 Å². The summed E-state index contributed by atoms with van der Waals surface area (Å²) in [6.45, 7) is 0. The Morgan fingerprint density at radius 1 is 1.50 bits per heavy atom. The van der Waals surface area contributed by atoms with E-state index in [0.717, 1.165) is 12.8 Å². The zero-order valence-corrected chi connectivity index (χ0v) is 5.80. The van der Waals surface area contributed by atoms with Gasteiger partial charge in [-0.25, -0.2) is 4.79 Å². The average Bonchev–Trinajstić information content (AvgIpc) is 2.42. The lowest BCUT2D eigenvalue weighted by molar-refractivity contribution is 0.149. The van der Waals surface area contributed by atoms with Gasteiger partial charge in [-0.2, -0.15) is 0 Å². The molecular formula is C8H10O2. The molecule has 2 atom stereocenters. The van der Waals surface area contributed by atoms with E-state index in [4.69, 9.17) is 4.74 Å². The van der Waals surface area contributed by atoms with Crippen molar-refractivity contribution in [2.75, 3.05) is 0 Å². The number of fused-ring (bicyclic) bond motifs is 1. The third-order valence-electron chi connectivity index (χ3n) is 2.44. The highest BCUT2D eigenvalue weighted by Crippen LogP contribution is 2.39. The van der Waals surface area contributed by atoms with Gasteiger partial charge < -0.3 is 4.74 Å². The van der Waals surface area contributed by atoms with Crippen LogP contribution in [0.2, 0.25) is 0 Å². The van der Waals surface area contributed by atoms with Gasteiger partial charge in [0.15, 0.2) is 11.7 Å². The molecule has 1 saturated carbocycles. The molecule has 0 radical (unpaired) electrons.